The lowest BCUT2D eigenvalue weighted by Crippen LogP contribution is -2.57. The zero-order chi connectivity index (χ0) is 20.8. The number of morpholine rings is 1. The van der Waals surface area contributed by atoms with Crippen molar-refractivity contribution >= 4 is 39.8 Å². The van der Waals surface area contributed by atoms with E-state index in [9.17, 15) is 8.42 Å². The van der Waals surface area contributed by atoms with Gasteiger partial charge in [-0.1, -0.05) is 26.7 Å². The van der Waals surface area contributed by atoms with E-state index in [-0.39, 0.29) is 29.7 Å². The lowest BCUT2D eigenvalue weighted by Gasteiger charge is -2.40. The lowest BCUT2D eigenvalue weighted by molar-refractivity contribution is 0.00390. The number of hydrogen-bond acceptors (Lipinski definition) is 5. The van der Waals surface area contributed by atoms with Gasteiger partial charge in [0.2, 0.25) is 0 Å². The molecule has 2 aliphatic rings. The summed E-state index contributed by atoms with van der Waals surface area (Å²) < 4.78 is 29.5. The Morgan fingerprint density at radius 2 is 1.76 bits per heavy atom. The molecule has 1 N–H and O–H groups in total. The van der Waals surface area contributed by atoms with Crippen molar-refractivity contribution < 1.29 is 13.2 Å². The third kappa shape index (κ3) is 6.93. The van der Waals surface area contributed by atoms with Gasteiger partial charge in [-0.05, 0) is 26.7 Å². The summed E-state index contributed by atoms with van der Waals surface area (Å²) in [6.45, 7) is 16.2. The second-order valence-electron chi connectivity index (χ2n) is 8.49. The molecular weight excluding hydrogens is 503 g/mol. The van der Waals surface area contributed by atoms with Crippen molar-refractivity contribution in [3.8, 4) is 0 Å². The number of aliphatic imine (C=N–C) groups is 1. The molecule has 7 nitrogen and oxygen atoms in total. The Morgan fingerprint density at radius 3 is 2.28 bits per heavy atom. The highest BCUT2D eigenvalue weighted by atomic mass is 127. The number of ether oxygens (including phenoxy) is 1. The molecular formula is C20H41IN4O3S. The average Bonchev–Trinajstić information content (AvgIpc) is 2.67. The first-order valence-corrected chi connectivity index (χ1v) is 12.5. The van der Waals surface area contributed by atoms with E-state index in [0.29, 0.717) is 25.0 Å². The second kappa shape index (κ2) is 12.0. The van der Waals surface area contributed by atoms with Crippen molar-refractivity contribution in [1.29, 1.82) is 0 Å². The van der Waals surface area contributed by atoms with Crippen LogP contribution in [-0.4, -0.2) is 93.2 Å². The first-order valence-electron chi connectivity index (χ1n) is 10.8. The molecule has 0 aromatic heterocycles. The van der Waals surface area contributed by atoms with Gasteiger partial charge in [-0.25, -0.2) is 8.42 Å². The predicted octanol–water partition coefficient (Wildman–Crippen LogP) is 2.22. The van der Waals surface area contributed by atoms with Crippen LogP contribution in [0.4, 0.5) is 0 Å². The molecule has 29 heavy (non-hydrogen) atoms. The van der Waals surface area contributed by atoms with Gasteiger partial charge < -0.3 is 15.0 Å². The largest absolute Gasteiger partial charge is 0.379 e. The van der Waals surface area contributed by atoms with Crippen LogP contribution in [0.25, 0.3) is 0 Å². The fraction of sp³-hybridized carbons (Fsp3) is 0.950. The zero-order valence-corrected chi connectivity index (χ0v) is 22.0. The topological polar surface area (TPSA) is 74.2 Å². The number of rotatable bonds is 7. The number of nitrogens with one attached hydrogen (secondary N) is 1. The highest BCUT2D eigenvalue weighted by Gasteiger charge is 2.41. The van der Waals surface area contributed by atoms with Gasteiger partial charge in [-0.15, -0.1) is 24.0 Å². The molecule has 2 saturated heterocycles. The standard InChI is InChI=1S/C20H40N4O3S.HI/c1-6-17(7-2)18(23-9-12-27-13-10-23)15-22-19(21-8-3)24-11-14-28(25,26)20(4,5)16-24;/h17-18H,6-16H2,1-5H3,(H,21,22);1H. The van der Waals surface area contributed by atoms with Crippen molar-refractivity contribution in [3.05, 3.63) is 0 Å². The SMILES string of the molecule is CCNC(=NCC(C(CC)CC)N1CCOCC1)N1CCS(=O)(=O)C(C)(C)C1.I. The van der Waals surface area contributed by atoms with Gasteiger partial charge in [-0.2, -0.15) is 0 Å². The second-order valence-corrected chi connectivity index (χ2v) is 11.2. The number of sulfone groups is 1. The van der Waals surface area contributed by atoms with Crippen LogP contribution in [0.5, 0.6) is 0 Å². The summed E-state index contributed by atoms with van der Waals surface area (Å²) >= 11 is 0. The lowest BCUT2D eigenvalue weighted by atomic mass is 9.92. The molecule has 9 heteroatoms. The minimum Gasteiger partial charge on any atom is -0.379 e. The van der Waals surface area contributed by atoms with Crippen LogP contribution in [0, 0.1) is 5.92 Å². The van der Waals surface area contributed by atoms with E-state index in [4.69, 9.17) is 9.73 Å². The number of hydrogen-bond donors (Lipinski definition) is 1. The van der Waals surface area contributed by atoms with Gasteiger partial charge in [0.1, 0.15) is 0 Å². The van der Waals surface area contributed by atoms with E-state index in [1.54, 1.807) is 0 Å². The van der Waals surface area contributed by atoms with Crippen LogP contribution in [-0.2, 0) is 14.6 Å². The molecule has 0 amide bonds. The normalized spacial score (nSPS) is 23.5. The maximum atomic E-state index is 12.4. The minimum atomic E-state index is -3.06. The summed E-state index contributed by atoms with van der Waals surface area (Å²) in [6.07, 6.45) is 2.28. The molecule has 0 aromatic carbocycles. The minimum absolute atomic E-state index is 0. The first kappa shape index (κ1) is 26.9. The van der Waals surface area contributed by atoms with Crippen LogP contribution in [0.2, 0.25) is 0 Å². The van der Waals surface area contributed by atoms with E-state index < -0.39 is 14.6 Å². The van der Waals surface area contributed by atoms with Crippen LogP contribution >= 0.6 is 24.0 Å². The van der Waals surface area contributed by atoms with Crippen molar-refractivity contribution in [2.45, 2.75) is 58.2 Å². The van der Waals surface area contributed by atoms with E-state index in [1.165, 1.54) is 0 Å². The van der Waals surface area contributed by atoms with Gasteiger partial charge >= 0.3 is 0 Å². The molecule has 0 saturated carbocycles. The summed E-state index contributed by atoms with van der Waals surface area (Å²) in [6, 6.07) is 0.397. The number of nitrogens with zero attached hydrogens (tertiary/aromatic N) is 3. The van der Waals surface area contributed by atoms with Gasteiger partial charge in [0.05, 0.1) is 30.3 Å². The summed E-state index contributed by atoms with van der Waals surface area (Å²) in [5.74, 6) is 1.63. The third-order valence-corrected chi connectivity index (χ3v) is 8.75. The molecule has 2 fully saturated rings. The molecule has 2 heterocycles. The van der Waals surface area contributed by atoms with Gasteiger partial charge in [-0.3, -0.25) is 9.89 Å². The van der Waals surface area contributed by atoms with Crippen molar-refractivity contribution in [2.75, 3.05) is 58.2 Å². The Bertz CT molecular complexity index is 617. The van der Waals surface area contributed by atoms with Crippen LogP contribution in [0.15, 0.2) is 4.99 Å². The van der Waals surface area contributed by atoms with E-state index >= 15 is 0 Å². The van der Waals surface area contributed by atoms with Crippen molar-refractivity contribution in [1.82, 2.24) is 15.1 Å². The Morgan fingerprint density at radius 1 is 1.14 bits per heavy atom. The Balaban J connectivity index is 0.00000420. The maximum absolute atomic E-state index is 12.4. The number of guanidine groups is 1. The van der Waals surface area contributed by atoms with Crippen LogP contribution < -0.4 is 5.32 Å². The molecule has 0 aliphatic carbocycles. The fourth-order valence-corrected chi connectivity index (χ4v) is 5.60. The summed E-state index contributed by atoms with van der Waals surface area (Å²) in [5.41, 5.74) is 0. The molecule has 0 spiro atoms. The zero-order valence-electron chi connectivity index (χ0n) is 18.8. The highest BCUT2D eigenvalue weighted by Crippen LogP contribution is 2.24. The molecule has 0 radical (unpaired) electrons. The maximum Gasteiger partial charge on any atom is 0.194 e. The highest BCUT2D eigenvalue weighted by molar-refractivity contribution is 14.0. The van der Waals surface area contributed by atoms with Crippen LogP contribution in [0.3, 0.4) is 0 Å². The van der Waals surface area contributed by atoms with Gasteiger partial charge in [0, 0.05) is 38.8 Å². The van der Waals surface area contributed by atoms with Crippen molar-refractivity contribution in [2.24, 2.45) is 10.9 Å². The molecule has 0 aromatic rings. The van der Waals surface area contributed by atoms with Crippen LogP contribution in [0.1, 0.15) is 47.5 Å². The first-order chi connectivity index (χ1) is 13.3. The quantitative estimate of drug-likeness (QED) is 0.301. The predicted molar refractivity (Wildman–Crippen MR) is 131 cm³/mol. The van der Waals surface area contributed by atoms with Crippen molar-refractivity contribution in [3.63, 3.8) is 0 Å². The molecule has 1 atom stereocenters. The summed E-state index contributed by atoms with van der Waals surface area (Å²) in [7, 11) is -3.06. The summed E-state index contributed by atoms with van der Waals surface area (Å²) in [4.78, 5) is 9.64. The Kier molecular flexibility index (Phi) is 11.2. The Hall–Kier alpha value is -0.130. The van der Waals surface area contributed by atoms with Gasteiger partial charge in [0.25, 0.3) is 0 Å². The molecule has 1 unspecified atom stereocenters. The average molecular weight is 545 g/mol. The monoisotopic (exact) mass is 544 g/mol. The Labute approximate surface area is 195 Å². The number of halogens is 1. The molecule has 0 bridgehead atoms. The molecule has 2 aliphatic heterocycles. The summed E-state index contributed by atoms with van der Waals surface area (Å²) in [5, 5.41) is 3.39. The smallest absolute Gasteiger partial charge is 0.194 e. The molecule has 2 rings (SSSR count). The van der Waals surface area contributed by atoms with E-state index in [1.807, 2.05) is 13.8 Å². The van der Waals surface area contributed by atoms with Gasteiger partial charge in [0.15, 0.2) is 15.8 Å². The third-order valence-electron chi connectivity index (χ3n) is 6.21. The van der Waals surface area contributed by atoms with E-state index in [0.717, 1.165) is 58.2 Å². The van der Waals surface area contributed by atoms with E-state index in [2.05, 4.69) is 35.9 Å². The fourth-order valence-electron chi connectivity index (χ4n) is 4.23. The molecule has 172 valence electrons.